The number of rotatable bonds is 4. The third-order valence-corrected chi connectivity index (χ3v) is 7.28. The number of anilines is 1. The molecule has 0 aliphatic carbocycles. The fraction of sp³-hybridized carbons (Fsp3) is 0.312. The number of thiophene rings is 1. The zero-order chi connectivity index (χ0) is 17.2. The first kappa shape index (κ1) is 16.8. The summed E-state index contributed by atoms with van der Waals surface area (Å²) in [5.74, 6) is 0.175. The van der Waals surface area contributed by atoms with Crippen molar-refractivity contribution in [1.82, 2.24) is 4.31 Å². The molecular formula is C16H17N3O3S2. The molecule has 126 valence electrons. The van der Waals surface area contributed by atoms with Gasteiger partial charge in [0.05, 0.1) is 18.5 Å². The Labute approximate surface area is 145 Å². The van der Waals surface area contributed by atoms with E-state index < -0.39 is 10.0 Å². The Morgan fingerprint density at radius 2 is 2.00 bits per heavy atom. The van der Waals surface area contributed by atoms with Gasteiger partial charge in [0.25, 0.3) is 10.0 Å². The molecule has 3 rings (SSSR count). The summed E-state index contributed by atoms with van der Waals surface area (Å²) in [4.78, 5) is 2.03. The van der Waals surface area contributed by atoms with E-state index in [1.807, 2.05) is 4.90 Å². The lowest BCUT2D eigenvalue weighted by atomic mass is 10.1. The number of piperazine rings is 1. The Bertz CT molecular complexity index is 826. The first-order valence-corrected chi connectivity index (χ1v) is 9.80. The van der Waals surface area contributed by atoms with Crippen LogP contribution >= 0.6 is 11.3 Å². The van der Waals surface area contributed by atoms with Crippen LogP contribution in [0, 0.1) is 11.3 Å². The molecule has 0 saturated carbocycles. The summed E-state index contributed by atoms with van der Waals surface area (Å²) in [5, 5.41) is 20.3. The number of phenolic OH excluding ortho intramolecular Hbond substituents is 1. The molecule has 0 amide bonds. The number of benzene rings is 1. The van der Waals surface area contributed by atoms with Gasteiger partial charge >= 0.3 is 0 Å². The smallest absolute Gasteiger partial charge is 0.252 e. The number of nitrogens with zero attached hydrogens (tertiary/aromatic N) is 3. The third-order valence-electron chi connectivity index (χ3n) is 4.04. The van der Waals surface area contributed by atoms with Crippen LogP contribution in [0.1, 0.15) is 6.42 Å². The van der Waals surface area contributed by atoms with E-state index in [2.05, 4.69) is 6.07 Å². The standard InChI is InChI=1S/C16H17N3O3S2/c17-8-7-14-12-18(24(21,22)16-2-1-11-23-16)9-10-19(14)13-3-5-15(20)6-4-13/h1-6,11,14,20H,7,9-10,12H2/t14-/m0/s1. The van der Waals surface area contributed by atoms with Crippen LogP contribution < -0.4 is 4.90 Å². The third kappa shape index (κ3) is 3.24. The normalized spacial score (nSPS) is 19.1. The average Bonchev–Trinajstić information content (AvgIpc) is 3.11. The van der Waals surface area contributed by atoms with Crippen LogP contribution in [0.25, 0.3) is 0 Å². The molecule has 1 fully saturated rings. The largest absolute Gasteiger partial charge is 0.508 e. The minimum atomic E-state index is -3.51. The predicted molar refractivity (Wildman–Crippen MR) is 92.5 cm³/mol. The number of hydrogen-bond acceptors (Lipinski definition) is 6. The van der Waals surface area contributed by atoms with E-state index in [-0.39, 0.29) is 24.8 Å². The maximum Gasteiger partial charge on any atom is 0.252 e. The van der Waals surface area contributed by atoms with Gasteiger partial charge in [0.2, 0.25) is 0 Å². The molecule has 1 atom stereocenters. The van der Waals surface area contributed by atoms with E-state index in [0.29, 0.717) is 17.3 Å². The van der Waals surface area contributed by atoms with E-state index in [1.165, 1.54) is 15.6 Å². The maximum atomic E-state index is 12.7. The van der Waals surface area contributed by atoms with Crippen LogP contribution in [0.5, 0.6) is 5.75 Å². The molecule has 2 heterocycles. The van der Waals surface area contributed by atoms with E-state index in [1.54, 1.807) is 41.8 Å². The molecular weight excluding hydrogens is 346 g/mol. The summed E-state index contributed by atoms with van der Waals surface area (Å²) in [7, 11) is -3.51. The quantitative estimate of drug-likeness (QED) is 0.900. The molecule has 0 radical (unpaired) electrons. The Morgan fingerprint density at radius 1 is 1.25 bits per heavy atom. The number of aromatic hydroxyl groups is 1. The van der Waals surface area contributed by atoms with Crippen molar-refractivity contribution in [2.75, 3.05) is 24.5 Å². The van der Waals surface area contributed by atoms with Gasteiger partial charge in [-0.15, -0.1) is 11.3 Å². The van der Waals surface area contributed by atoms with Crippen LogP contribution in [-0.2, 0) is 10.0 Å². The second kappa shape index (κ2) is 6.81. The average molecular weight is 363 g/mol. The van der Waals surface area contributed by atoms with Crippen molar-refractivity contribution in [2.45, 2.75) is 16.7 Å². The second-order valence-corrected chi connectivity index (χ2v) is 8.63. The molecule has 6 nitrogen and oxygen atoms in total. The summed E-state index contributed by atoms with van der Waals surface area (Å²) in [6, 6.07) is 12.0. The number of hydrogen-bond donors (Lipinski definition) is 1. The van der Waals surface area contributed by atoms with Crippen LogP contribution in [-0.4, -0.2) is 43.5 Å². The highest BCUT2D eigenvalue weighted by Gasteiger charge is 2.34. The number of sulfonamides is 1. The van der Waals surface area contributed by atoms with Crippen molar-refractivity contribution in [1.29, 1.82) is 5.26 Å². The Hall–Kier alpha value is -2.08. The topological polar surface area (TPSA) is 84.6 Å². The van der Waals surface area contributed by atoms with Crippen molar-refractivity contribution in [2.24, 2.45) is 0 Å². The molecule has 0 unspecified atom stereocenters. The van der Waals surface area contributed by atoms with Crippen molar-refractivity contribution in [3.05, 3.63) is 41.8 Å². The van der Waals surface area contributed by atoms with Gasteiger partial charge in [-0.25, -0.2) is 8.42 Å². The molecule has 24 heavy (non-hydrogen) atoms. The highest BCUT2D eigenvalue weighted by molar-refractivity contribution is 7.91. The molecule has 0 bridgehead atoms. The lowest BCUT2D eigenvalue weighted by Gasteiger charge is -2.41. The van der Waals surface area contributed by atoms with Crippen molar-refractivity contribution < 1.29 is 13.5 Å². The molecule has 0 spiro atoms. The zero-order valence-corrected chi connectivity index (χ0v) is 14.5. The number of phenols is 1. The maximum absolute atomic E-state index is 12.7. The molecule has 1 aliphatic rings. The first-order valence-electron chi connectivity index (χ1n) is 7.48. The first-order chi connectivity index (χ1) is 11.5. The second-order valence-electron chi connectivity index (χ2n) is 5.52. The summed E-state index contributed by atoms with van der Waals surface area (Å²) in [6.07, 6.45) is 0.233. The molecule has 1 aliphatic heterocycles. The minimum Gasteiger partial charge on any atom is -0.508 e. The molecule has 1 aromatic carbocycles. The zero-order valence-electron chi connectivity index (χ0n) is 12.9. The lowest BCUT2D eigenvalue weighted by molar-refractivity contribution is 0.334. The van der Waals surface area contributed by atoms with Crippen LogP contribution in [0.3, 0.4) is 0 Å². The van der Waals surface area contributed by atoms with Gasteiger partial charge in [-0.05, 0) is 35.7 Å². The lowest BCUT2D eigenvalue weighted by Crippen LogP contribution is -2.54. The van der Waals surface area contributed by atoms with Gasteiger partial charge in [-0.2, -0.15) is 9.57 Å². The van der Waals surface area contributed by atoms with E-state index in [9.17, 15) is 13.5 Å². The van der Waals surface area contributed by atoms with Crippen LogP contribution in [0.2, 0.25) is 0 Å². The van der Waals surface area contributed by atoms with Gasteiger partial charge in [0, 0.05) is 25.3 Å². The van der Waals surface area contributed by atoms with Gasteiger partial charge in [0.15, 0.2) is 0 Å². The Kier molecular flexibility index (Phi) is 4.76. The van der Waals surface area contributed by atoms with E-state index in [4.69, 9.17) is 5.26 Å². The minimum absolute atomic E-state index is 0.175. The van der Waals surface area contributed by atoms with Crippen molar-refractivity contribution >= 4 is 27.0 Å². The highest BCUT2D eigenvalue weighted by Crippen LogP contribution is 2.28. The molecule has 2 aromatic rings. The van der Waals surface area contributed by atoms with Crippen LogP contribution in [0.4, 0.5) is 5.69 Å². The van der Waals surface area contributed by atoms with E-state index >= 15 is 0 Å². The van der Waals surface area contributed by atoms with Gasteiger partial charge in [-0.3, -0.25) is 0 Å². The monoisotopic (exact) mass is 363 g/mol. The van der Waals surface area contributed by atoms with Crippen molar-refractivity contribution in [3.63, 3.8) is 0 Å². The fourth-order valence-electron chi connectivity index (χ4n) is 2.85. The molecule has 1 saturated heterocycles. The highest BCUT2D eigenvalue weighted by atomic mass is 32.2. The van der Waals surface area contributed by atoms with Gasteiger partial charge < -0.3 is 10.0 Å². The van der Waals surface area contributed by atoms with E-state index in [0.717, 1.165) is 5.69 Å². The number of nitriles is 1. The fourth-order valence-corrected chi connectivity index (χ4v) is 5.46. The van der Waals surface area contributed by atoms with Gasteiger partial charge in [-0.1, -0.05) is 6.07 Å². The summed E-state index contributed by atoms with van der Waals surface area (Å²) < 4.78 is 27.2. The van der Waals surface area contributed by atoms with Crippen molar-refractivity contribution in [3.8, 4) is 11.8 Å². The predicted octanol–water partition coefficient (Wildman–Crippen LogP) is 2.25. The molecule has 1 aromatic heterocycles. The van der Waals surface area contributed by atoms with Crippen LogP contribution in [0.15, 0.2) is 46.0 Å². The molecule has 1 N–H and O–H groups in total. The summed E-state index contributed by atoms with van der Waals surface area (Å²) >= 11 is 1.20. The Morgan fingerprint density at radius 3 is 2.62 bits per heavy atom. The molecule has 8 heteroatoms. The SMILES string of the molecule is N#CC[C@H]1CN(S(=O)(=O)c2cccs2)CCN1c1ccc(O)cc1. The van der Waals surface area contributed by atoms with Gasteiger partial charge in [0.1, 0.15) is 9.96 Å². The Balaban J connectivity index is 1.83. The summed E-state index contributed by atoms with van der Waals surface area (Å²) in [6.45, 7) is 1.14. The summed E-state index contributed by atoms with van der Waals surface area (Å²) in [5.41, 5.74) is 0.876.